The second-order valence-corrected chi connectivity index (χ2v) is 3.87. The van der Waals surface area contributed by atoms with Crippen LogP contribution in [0.15, 0.2) is 30.5 Å². The van der Waals surface area contributed by atoms with Gasteiger partial charge in [0.1, 0.15) is 5.82 Å². The zero-order chi connectivity index (χ0) is 13.8. The third kappa shape index (κ3) is 3.21. The van der Waals surface area contributed by atoms with Gasteiger partial charge < -0.3 is 5.32 Å². The Hall–Kier alpha value is -2.57. The molecule has 0 saturated carbocycles. The lowest BCUT2D eigenvalue weighted by Gasteiger charge is -2.06. The number of anilines is 1. The van der Waals surface area contributed by atoms with Gasteiger partial charge in [-0.25, -0.2) is 9.97 Å². The predicted octanol–water partition coefficient (Wildman–Crippen LogP) is 2.44. The normalized spacial score (nSPS) is 10.2. The summed E-state index contributed by atoms with van der Waals surface area (Å²) < 4.78 is 13.1. The van der Waals surface area contributed by atoms with Gasteiger partial charge in [-0.05, 0) is 25.1 Å². The molecule has 1 heterocycles. The van der Waals surface area contributed by atoms with Crippen LogP contribution < -0.4 is 5.32 Å². The van der Waals surface area contributed by atoms with Gasteiger partial charge in [0.15, 0.2) is 0 Å². The monoisotopic (exact) mass is 262 g/mol. The Kier molecular flexibility index (Phi) is 3.65. The van der Waals surface area contributed by atoms with E-state index < -0.39 is 16.4 Å². The van der Waals surface area contributed by atoms with E-state index in [4.69, 9.17) is 0 Å². The van der Waals surface area contributed by atoms with Crippen molar-refractivity contribution in [2.75, 3.05) is 5.32 Å². The lowest BCUT2D eigenvalue weighted by atomic mass is 10.2. The van der Waals surface area contributed by atoms with E-state index in [9.17, 15) is 14.5 Å². The highest BCUT2D eigenvalue weighted by atomic mass is 19.1. The highest BCUT2D eigenvalue weighted by Crippen LogP contribution is 2.21. The van der Waals surface area contributed by atoms with Crippen LogP contribution in [-0.4, -0.2) is 14.9 Å². The molecular formula is C12H11FN4O2. The van der Waals surface area contributed by atoms with Gasteiger partial charge >= 0.3 is 5.69 Å². The minimum atomic E-state index is -0.853. The average molecular weight is 262 g/mol. The van der Waals surface area contributed by atoms with Gasteiger partial charge in [0.25, 0.3) is 0 Å². The molecule has 0 radical (unpaired) electrons. The quantitative estimate of drug-likeness (QED) is 0.676. The van der Waals surface area contributed by atoms with Gasteiger partial charge in [-0.15, -0.1) is 0 Å². The lowest BCUT2D eigenvalue weighted by molar-refractivity contribution is -0.387. The van der Waals surface area contributed by atoms with E-state index in [1.54, 1.807) is 19.2 Å². The van der Waals surface area contributed by atoms with Crippen LogP contribution >= 0.6 is 0 Å². The first-order valence-corrected chi connectivity index (χ1v) is 5.52. The third-order valence-electron chi connectivity index (χ3n) is 2.45. The van der Waals surface area contributed by atoms with Crippen molar-refractivity contribution in [2.24, 2.45) is 0 Å². The number of nitrogens with zero attached hydrogens (tertiary/aromatic N) is 3. The SMILES string of the molecule is Cc1nccc(CNc2ccc(F)c([N+](=O)[O-])c2)n1. The number of hydrogen-bond donors (Lipinski definition) is 1. The number of rotatable bonds is 4. The van der Waals surface area contributed by atoms with Gasteiger partial charge in [0.05, 0.1) is 17.2 Å². The zero-order valence-corrected chi connectivity index (χ0v) is 10.1. The molecule has 0 saturated heterocycles. The summed E-state index contributed by atoms with van der Waals surface area (Å²) in [5, 5.41) is 13.6. The standard InChI is InChI=1S/C12H11FN4O2/c1-8-14-5-4-10(16-8)7-15-9-2-3-11(13)12(6-9)17(18)19/h2-6,15H,7H2,1H3. The van der Waals surface area contributed by atoms with Crippen molar-refractivity contribution in [3.63, 3.8) is 0 Å². The van der Waals surface area contributed by atoms with Crippen LogP contribution in [0.4, 0.5) is 15.8 Å². The van der Waals surface area contributed by atoms with Crippen LogP contribution in [0.5, 0.6) is 0 Å². The van der Waals surface area contributed by atoms with Crippen molar-refractivity contribution in [1.82, 2.24) is 9.97 Å². The number of halogens is 1. The average Bonchev–Trinajstić information content (AvgIpc) is 2.37. The third-order valence-corrected chi connectivity index (χ3v) is 2.45. The molecule has 0 aliphatic rings. The van der Waals surface area contributed by atoms with E-state index in [0.717, 1.165) is 17.8 Å². The number of nitrogens with one attached hydrogen (secondary N) is 1. The summed E-state index contributed by atoms with van der Waals surface area (Å²) in [5.74, 6) is -0.210. The molecule has 0 aliphatic carbocycles. The minimum Gasteiger partial charge on any atom is -0.379 e. The Morgan fingerprint density at radius 2 is 2.21 bits per heavy atom. The molecule has 1 aromatic carbocycles. The van der Waals surface area contributed by atoms with E-state index in [1.165, 1.54) is 6.07 Å². The molecule has 0 spiro atoms. The molecule has 2 aromatic rings. The van der Waals surface area contributed by atoms with E-state index in [0.29, 0.717) is 18.1 Å². The molecular weight excluding hydrogens is 251 g/mol. The van der Waals surface area contributed by atoms with Crippen molar-refractivity contribution in [3.8, 4) is 0 Å². The molecule has 1 aromatic heterocycles. The molecule has 1 N–H and O–H groups in total. The largest absolute Gasteiger partial charge is 0.379 e. The summed E-state index contributed by atoms with van der Waals surface area (Å²) in [6, 6.07) is 5.39. The molecule has 19 heavy (non-hydrogen) atoms. The Bertz CT molecular complexity index is 618. The number of hydrogen-bond acceptors (Lipinski definition) is 5. The fourth-order valence-electron chi connectivity index (χ4n) is 1.56. The maximum absolute atomic E-state index is 13.1. The summed E-state index contributed by atoms with van der Waals surface area (Å²) in [7, 11) is 0. The van der Waals surface area contributed by atoms with Gasteiger partial charge in [-0.3, -0.25) is 10.1 Å². The van der Waals surface area contributed by atoms with Crippen molar-refractivity contribution in [3.05, 3.63) is 57.9 Å². The molecule has 0 unspecified atom stereocenters. The molecule has 98 valence electrons. The summed E-state index contributed by atoms with van der Waals surface area (Å²) in [5.41, 5.74) is 0.660. The van der Waals surface area contributed by atoms with Crippen LogP contribution in [0.1, 0.15) is 11.5 Å². The molecule has 6 nitrogen and oxygen atoms in total. The zero-order valence-electron chi connectivity index (χ0n) is 10.1. The topological polar surface area (TPSA) is 81.0 Å². The van der Waals surface area contributed by atoms with E-state index >= 15 is 0 Å². The second-order valence-electron chi connectivity index (χ2n) is 3.87. The maximum Gasteiger partial charge on any atom is 0.306 e. The van der Waals surface area contributed by atoms with Crippen molar-refractivity contribution in [1.29, 1.82) is 0 Å². The number of nitro benzene ring substituents is 1. The van der Waals surface area contributed by atoms with Gasteiger partial charge in [-0.1, -0.05) is 0 Å². The Labute approximate surface area is 108 Å². The van der Waals surface area contributed by atoms with E-state index in [1.807, 2.05) is 0 Å². The number of aryl methyl sites for hydroxylation is 1. The molecule has 7 heteroatoms. The first-order valence-electron chi connectivity index (χ1n) is 5.52. The van der Waals surface area contributed by atoms with E-state index in [2.05, 4.69) is 15.3 Å². The van der Waals surface area contributed by atoms with Gasteiger partial charge in [-0.2, -0.15) is 4.39 Å². The van der Waals surface area contributed by atoms with Crippen LogP contribution in [0.25, 0.3) is 0 Å². The predicted molar refractivity (Wildman–Crippen MR) is 67.2 cm³/mol. The number of aromatic nitrogens is 2. The first kappa shape index (κ1) is 12.9. The van der Waals surface area contributed by atoms with Crippen LogP contribution in [0.2, 0.25) is 0 Å². The molecule has 0 aliphatic heterocycles. The fourth-order valence-corrected chi connectivity index (χ4v) is 1.56. The van der Waals surface area contributed by atoms with Crippen molar-refractivity contribution >= 4 is 11.4 Å². The minimum absolute atomic E-state index is 0.381. The lowest BCUT2D eigenvalue weighted by Crippen LogP contribution is -2.04. The summed E-state index contributed by atoms with van der Waals surface area (Å²) in [4.78, 5) is 18.0. The van der Waals surface area contributed by atoms with Crippen LogP contribution in [0.3, 0.4) is 0 Å². The van der Waals surface area contributed by atoms with Crippen LogP contribution in [0, 0.1) is 22.9 Å². The summed E-state index contributed by atoms with van der Waals surface area (Å²) in [6.07, 6.45) is 1.63. The summed E-state index contributed by atoms with van der Waals surface area (Å²) >= 11 is 0. The molecule has 0 fully saturated rings. The van der Waals surface area contributed by atoms with Crippen molar-refractivity contribution in [2.45, 2.75) is 13.5 Å². The second kappa shape index (κ2) is 5.38. The summed E-state index contributed by atoms with van der Waals surface area (Å²) in [6.45, 7) is 2.15. The van der Waals surface area contributed by atoms with Gasteiger partial charge in [0, 0.05) is 18.0 Å². The molecule has 2 rings (SSSR count). The number of benzene rings is 1. The van der Waals surface area contributed by atoms with Gasteiger partial charge in [0.2, 0.25) is 5.82 Å². The van der Waals surface area contributed by atoms with E-state index in [-0.39, 0.29) is 0 Å². The Morgan fingerprint density at radius 1 is 1.42 bits per heavy atom. The molecule has 0 amide bonds. The number of nitro groups is 1. The van der Waals surface area contributed by atoms with Crippen molar-refractivity contribution < 1.29 is 9.31 Å². The molecule has 0 atom stereocenters. The first-order chi connectivity index (χ1) is 9.06. The maximum atomic E-state index is 13.1. The Morgan fingerprint density at radius 3 is 2.89 bits per heavy atom. The smallest absolute Gasteiger partial charge is 0.306 e. The highest BCUT2D eigenvalue weighted by Gasteiger charge is 2.14. The fraction of sp³-hybridized carbons (Fsp3) is 0.167. The molecule has 0 bridgehead atoms. The highest BCUT2D eigenvalue weighted by molar-refractivity contribution is 5.51. The van der Waals surface area contributed by atoms with Crippen LogP contribution in [-0.2, 0) is 6.54 Å². The Balaban J connectivity index is 2.12.